The zero-order valence-corrected chi connectivity index (χ0v) is 15.8. The smallest absolute Gasteiger partial charge is 0.222 e. The Bertz CT molecular complexity index is 801. The van der Waals surface area contributed by atoms with Gasteiger partial charge in [0, 0.05) is 6.92 Å². The molecule has 0 spiro atoms. The summed E-state index contributed by atoms with van der Waals surface area (Å²) in [4.78, 5) is 24.3. The number of rotatable bonds is 6. The molecule has 2 amide bonds. The number of hydrogen-bond acceptors (Lipinski definition) is 3. The van der Waals surface area contributed by atoms with Gasteiger partial charge in [0.05, 0.1) is 25.6 Å². The predicted octanol–water partition coefficient (Wildman–Crippen LogP) is 3.46. The maximum absolute atomic E-state index is 12.7. The van der Waals surface area contributed by atoms with Gasteiger partial charge in [-0.15, -0.1) is 0 Å². The first-order valence-electron chi connectivity index (χ1n) is 9.35. The van der Waals surface area contributed by atoms with Crippen LogP contribution < -0.4 is 15.4 Å². The van der Waals surface area contributed by atoms with Gasteiger partial charge in [-0.2, -0.15) is 0 Å². The molecule has 1 aliphatic carbocycles. The van der Waals surface area contributed by atoms with Crippen LogP contribution in [0.5, 0.6) is 5.75 Å². The van der Waals surface area contributed by atoms with Crippen molar-refractivity contribution in [3.63, 3.8) is 0 Å². The van der Waals surface area contributed by atoms with Crippen LogP contribution in [-0.2, 0) is 16.0 Å². The average Bonchev–Trinajstić information content (AvgIpc) is 2.67. The molecule has 27 heavy (non-hydrogen) atoms. The number of amides is 2. The van der Waals surface area contributed by atoms with E-state index in [1.165, 1.54) is 18.1 Å². The number of benzene rings is 2. The molecule has 5 nitrogen and oxygen atoms in total. The molecule has 0 heterocycles. The Morgan fingerprint density at radius 3 is 2.59 bits per heavy atom. The lowest BCUT2D eigenvalue weighted by Crippen LogP contribution is -2.35. The normalized spacial score (nSPS) is 16.7. The third-order valence-electron chi connectivity index (χ3n) is 4.99. The minimum atomic E-state index is -0.368. The van der Waals surface area contributed by atoms with E-state index in [-0.39, 0.29) is 30.3 Å². The van der Waals surface area contributed by atoms with Crippen LogP contribution in [0, 0.1) is 0 Å². The van der Waals surface area contributed by atoms with E-state index >= 15 is 0 Å². The fourth-order valence-corrected chi connectivity index (χ4v) is 3.68. The fraction of sp³-hybridized carbons (Fsp3) is 0.364. The molecular weight excluding hydrogens is 340 g/mol. The van der Waals surface area contributed by atoms with Gasteiger partial charge in [-0.25, -0.2) is 0 Å². The average molecular weight is 366 g/mol. The minimum absolute atomic E-state index is 0.0382. The number of nitrogens with one attached hydrogen (secondary N) is 2. The Kier molecular flexibility index (Phi) is 6.12. The molecule has 2 aromatic carbocycles. The van der Waals surface area contributed by atoms with E-state index < -0.39 is 0 Å². The van der Waals surface area contributed by atoms with Gasteiger partial charge in [0.25, 0.3) is 0 Å². The molecule has 0 aromatic heterocycles. The van der Waals surface area contributed by atoms with E-state index in [1.54, 1.807) is 7.11 Å². The van der Waals surface area contributed by atoms with E-state index in [9.17, 15) is 9.59 Å². The Labute approximate surface area is 160 Å². The first kappa shape index (κ1) is 19.0. The number of fused-ring (bicyclic) bond motifs is 1. The van der Waals surface area contributed by atoms with Gasteiger partial charge < -0.3 is 15.4 Å². The first-order valence-corrected chi connectivity index (χ1v) is 9.35. The van der Waals surface area contributed by atoms with Crippen LogP contribution in [0.25, 0.3) is 0 Å². The maximum atomic E-state index is 12.7. The second-order valence-electron chi connectivity index (χ2n) is 6.94. The van der Waals surface area contributed by atoms with Crippen LogP contribution in [0.15, 0.2) is 48.5 Å². The Balaban J connectivity index is 1.70. The molecule has 2 atom stereocenters. The topological polar surface area (TPSA) is 67.4 Å². The summed E-state index contributed by atoms with van der Waals surface area (Å²) in [5.41, 5.74) is 3.39. The third kappa shape index (κ3) is 4.88. The molecule has 0 fully saturated rings. The van der Waals surface area contributed by atoms with Crippen molar-refractivity contribution in [3.8, 4) is 5.75 Å². The van der Waals surface area contributed by atoms with Crippen LogP contribution >= 0.6 is 0 Å². The molecule has 0 saturated heterocycles. The van der Waals surface area contributed by atoms with Crippen molar-refractivity contribution < 1.29 is 14.3 Å². The number of aryl methyl sites for hydroxylation is 1. The molecule has 2 aromatic rings. The zero-order chi connectivity index (χ0) is 19.2. The Morgan fingerprint density at radius 2 is 1.89 bits per heavy atom. The summed E-state index contributed by atoms with van der Waals surface area (Å²) in [7, 11) is 1.61. The van der Waals surface area contributed by atoms with Gasteiger partial charge in [0.1, 0.15) is 5.75 Å². The molecule has 0 bridgehead atoms. The highest BCUT2D eigenvalue weighted by atomic mass is 16.5. The summed E-state index contributed by atoms with van der Waals surface area (Å²) < 4.78 is 5.18. The van der Waals surface area contributed by atoms with Crippen molar-refractivity contribution in [2.45, 2.75) is 44.7 Å². The van der Waals surface area contributed by atoms with Crippen LogP contribution in [0.1, 0.15) is 55.0 Å². The minimum Gasteiger partial charge on any atom is -0.497 e. The van der Waals surface area contributed by atoms with Gasteiger partial charge in [-0.1, -0.05) is 36.4 Å². The molecule has 0 unspecified atom stereocenters. The molecule has 1 aliphatic rings. The van der Waals surface area contributed by atoms with Crippen LogP contribution in [-0.4, -0.2) is 18.9 Å². The number of carbonyl (C=O) groups excluding carboxylic acids is 2. The quantitative estimate of drug-likeness (QED) is 0.823. The number of methoxy groups -OCH3 is 1. The predicted molar refractivity (Wildman–Crippen MR) is 104 cm³/mol. The highest BCUT2D eigenvalue weighted by molar-refractivity contribution is 5.79. The first-order chi connectivity index (χ1) is 13.1. The SMILES string of the molecule is COc1ccc([C@@H](CC(=O)N[C@@H]2CCCc3ccccc32)NC(C)=O)cc1. The van der Waals surface area contributed by atoms with Gasteiger partial charge in [0.2, 0.25) is 11.8 Å². The van der Waals surface area contributed by atoms with Crippen molar-refractivity contribution in [2.24, 2.45) is 0 Å². The summed E-state index contributed by atoms with van der Waals surface area (Å²) in [5.74, 6) is 0.515. The molecule has 0 aliphatic heterocycles. The standard InChI is InChI=1S/C22H26N2O3/c1-15(25)23-21(17-10-12-18(27-2)13-11-17)14-22(26)24-20-9-5-7-16-6-3-4-8-19(16)20/h3-4,6,8,10-13,20-21H,5,7,9,14H2,1-2H3,(H,23,25)(H,24,26)/t20-,21-/m1/s1. The molecule has 142 valence electrons. The highest BCUT2D eigenvalue weighted by Gasteiger charge is 2.23. The van der Waals surface area contributed by atoms with Crippen LogP contribution in [0.2, 0.25) is 0 Å². The Morgan fingerprint density at radius 1 is 1.15 bits per heavy atom. The maximum Gasteiger partial charge on any atom is 0.222 e. The van der Waals surface area contributed by atoms with Crippen molar-refractivity contribution in [3.05, 3.63) is 65.2 Å². The van der Waals surface area contributed by atoms with E-state index in [0.717, 1.165) is 30.6 Å². The largest absolute Gasteiger partial charge is 0.497 e. The summed E-state index contributed by atoms with van der Waals surface area (Å²) in [6, 6.07) is 15.4. The zero-order valence-electron chi connectivity index (χ0n) is 15.8. The van der Waals surface area contributed by atoms with E-state index in [0.29, 0.717) is 0 Å². The van der Waals surface area contributed by atoms with Crippen molar-refractivity contribution >= 4 is 11.8 Å². The Hall–Kier alpha value is -2.82. The highest BCUT2D eigenvalue weighted by Crippen LogP contribution is 2.30. The number of ether oxygens (including phenoxy) is 1. The summed E-state index contributed by atoms with van der Waals surface area (Å²) in [5, 5.41) is 6.04. The van der Waals surface area contributed by atoms with E-state index in [2.05, 4.69) is 22.8 Å². The van der Waals surface area contributed by atoms with Gasteiger partial charge in [-0.05, 0) is 48.1 Å². The second kappa shape index (κ2) is 8.71. The van der Waals surface area contributed by atoms with Crippen molar-refractivity contribution in [1.82, 2.24) is 10.6 Å². The fourth-order valence-electron chi connectivity index (χ4n) is 3.68. The summed E-state index contributed by atoms with van der Waals surface area (Å²) >= 11 is 0. The van der Waals surface area contributed by atoms with E-state index in [1.807, 2.05) is 36.4 Å². The lowest BCUT2D eigenvalue weighted by molar-refractivity contribution is -0.123. The monoisotopic (exact) mass is 366 g/mol. The molecule has 5 heteroatoms. The second-order valence-corrected chi connectivity index (χ2v) is 6.94. The molecule has 3 rings (SSSR count). The number of hydrogen-bond donors (Lipinski definition) is 2. The van der Waals surface area contributed by atoms with Crippen LogP contribution in [0.4, 0.5) is 0 Å². The van der Waals surface area contributed by atoms with E-state index in [4.69, 9.17) is 4.74 Å². The lowest BCUT2D eigenvalue weighted by Gasteiger charge is -2.27. The third-order valence-corrected chi connectivity index (χ3v) is 4.99. The molecular formula is C22H26N2O3. The number of carbonyl (C=O) groups is 2. The molecule has 2 N–H and O–H groups in total. The van der Waals surface area contributed by atoms with Crippen molar-refractivity contribution in [1.29, 1.82) is 0 Å². The molecule has 0 radical (unpaired) electrons. The van der Waals surface area contributed by atoms with Gasteiger partial charge >= 0.3 is 0 Å². The molecule has 0 saturated carbocycles. The van der Waals surface area contributed by atoms with Crippen molar-refractivity contribution in [2.75, 3.05) is 7.11 Å². The van der Waals surface area contributed by atoms with Crippen LogP contribution in [0.3, 0.4) is 0 Å². The summed E-state index contributed by atoms with van der Waals surface area (Å²) in [6.45, 7) is 1.46. The summed E-state index contributed by atoms with van der Waals surface area (Å²) in [6.07, 6.45) is 3.26. The van der Waals surface area contributed by atoms with Gasteiger partial charge in [-0.3, -0.25) is 9.59 Å². The lowest BCUT2D eigenvalue weighted by atomic mass is 9.87. The van der Waals surface area contributed by atoms with Gasteiger partial charge in [0.15, 0.2) is 0 Å².